The molecule has 0 saturated carbocycles. The molecule has 0 saturated heterocycles. The minimum atomic E-state index is -0.380. The standard InChI is InChI=1S/C27H25N5O2/c1-18-8-7-11-20(16-18)32-25(33)15-14-23(31-32)27(34)30-24(17-19-9-3-2-4-10-19)26-28-21-12-5-6-13-22(21)29-26/h2-13,16,24H,14-15,17H2,1H3,(H,28,29)(H,30,34). The minimum absolute atomic E-state index is 0.125. The molecule has 5 rings (SSSR count). The van der Waals surface area contributed by atoms with Crippen molar-refractivity contribution in [2.24, 2.45) is 5.10 Å². The predicted molar refractivity (Wildman–Crippen MR) is 132 cm³/mol. The Hall–Kier alpha value is -4.26. The number of fused-ring (bicyclic) bond motifs is 1. The average Bonchev–Trinajstić information content (AvgIpc) is 3.29. The van der Waals surface area contributed by atoms with Crippen LogP contribution in [0.1, 0.15) is 35.8 Å². The summed E-state index contributed by atoms with van der Waals surface area (Å²) < 4.78 is 0. The molecule has 2 N–H and O–H groups in total. The van der Waals surface area contributed by atoms with E-state index in [1.54, 1.807) is 0 Å². The van der Waals surface area contributed by atoms with Gasteiger partial charge in [-0.15, -0.1) is 0 Å². The molecule has 7 nitrogen and oxygen atoms in total. The lowest BCUT2D eigenvalue weighted by atomic mass is 10.0. The summed E-state index contributed by atoms with van der Waals surface area (Å²) in [6.07, 6.45) is 1.10. The van der Waals surface area contributed by atoms with Crippen molar-refractivity contribution in [2.75, 3.05) is 5.01 Å². The Labute approximate surface area is 197 Å². The van der Waals surface area contributed by atoms with Gasteiger partial charge < -0.3 is 10.3 Å². The van der Waals surface area contributed by atoms with E-state index in [4.69, 9.17) is 4.98 Å². The molecule has 0 spiro atoms. The second kappa shape index (κ2) is 9.31. The number of imidazole rings is 1. The highest BCUT2D eigenvalue weighted by atomic mass is 16.2. The molecule has 4 aromatic rings. The second-order valence-electron chi connectivity index (χ2n) is 8.45. The number of aromatic amines is 1. The van der Waals surface area contributed by atoms with Gasteiger partial charge in [0.25, 0.3) is 5.91 Å². The lowest BCUT2D eigenvalue weighted by Crippen LogP contribution is -2.41. The van der Waals surface area contributed by atoms with Gasteiger partial charge in [0, 0.05) is 12.8 Å². The molecule has 1 aromatic heterocycles. The van der Waals surface area contributed by atoms with Gasteiger partial charge in [0.15, 0.2) is 0 Å². The van der Waals surface area contributed by atoms with Crippen molar-refractivity contribution in [1.29, 1.82) is 0 Å². The molecule has 7 heteroatoms. The summed E-state index contributed by atoms with van der Waals surface area (Å²) in [6, 6.07) is 24.9. The van der Waals surface area contributed by atoms with E-state index in [9.17, 15) is 9.59 Å². The third-order valence-electron chi connectivity index (χ3n) is 5.87. The smallest absolute Gasteiger partial charge is 0.268 e. The fourth-order valence-corrected chi connectivity index (χ4v) is 4.12. The van der Waals surface area contributed by atoms with Gasteiger partial charge in [-0.1, -0.05) is 54.6 Å². The van der Waals surface area contributed by atoms with E-state index in [1.807, 2.05) is 85.8 Å². The van der Waals surface area contributed by atoms with Gasteiger partial charge in [-0.25, -0.2) is 9.99 Å². The number of hydrazone groups is 1. The van der Waals surface area contributed by atoms with E-state index < -0.39 is 0 Å². The van der Waals surface area contributed by atoms with Crippen LogP contribution >= 0.6 is 0 Å². The molecule has 1 unspecified atom stereocenters. The summed E-state index contributed by atoms with van der Waals surface area (Å²) in [5.41, 5.74) is 4.84. The van der Waals surface area contributed by atoms with Gasteiger partial charge in [0.05, 0.1) is 22.8 Å². The Morgan fingerprint density at radius 1 is 1.03 bits per heavy atom. The number of hydrogen-bond donors (Lipinski definition) is 2. The zero-order valence-corrected chi connectivity index (χ0v) is 18.9. The molecule has 2 amide bonds. The number of carbonyl (C=O) groups is 2. The molecule has 34 heavy (non-hydrogen) atoms. The van der Waals surface area contributed by atoms with Crippen LogP contribution in [0.3, 0.4) is 0 Å². The van der Waals surface area contributed by atoms with Crippen LogP contribution in [0.25, 0.3) is 11.0 Å². The number of nitrogens with one attached hydrogen (secondary N) is 2. The lowest BCUT2D eigenvalue weighted by Gasteiger charge is -2.24. The molecule has 3 aromatic carbocycles. The van der Waals surface area contributed by atoms with Gasteiger partial charge in [0.2, 0.25) is 5.91 Å². The van der Waals surface area contributed by atoms with Crippen molar-refractivity contribution in [3.8, 4) is 0 Å². The van der Waals surface area contributed by atoms with Crippen LogP contribution in [-0.4, -0.2) is 27.5 Å². The molecule has 0 fully saturated rings. The topological polar surface area (TPSA) is 90.4 Å². The Morgan fingerprint density at radius 3 is 2.62 bits per heavy atom. The molecule has 1 aliphatic rings. The van der Waals surface area contributed by atoms with Crippen molar-refractivity contribution in [3.63, 3.8) is 0 Å². The molecule has 1 aliphatic heterocycles. The maximum Gasteiger partial charge on any atom is 0.268 e. The highest BCUT2D eigenvalue weighted by Gasteiger charge is 2.28. The SMILES string of the molecule is Cc1cccc(N2N=C(C(=O)NC(Cc3ccccc3)c3nc4ccccc4[nH]3)CCC2=O)c1. The number of para-hydroxylation sites is 2. The van der Waals surface area contributed by atoms with E-state index in [2.05, 4.69) is 15.4 Å². The Morgan fingerprint density at radius 2 is 1.82 bits per heavy atom. The Bertz CT molecular complexity index is 1340. The van der Waals surface area contributed by atoms with Gasteiger partial charge in [0.1, 0.15) is 11.5 Å². The molecular weight excluding hydrogens is 426 g/mol. The first-order chi connectivity index (χ1) is 16.6. The van der Waals surface area contributed by atoms with Crippen molar-refractivity contribution in [2.45, 2.75) is 32.2 Å². The second-order valence-corrected chi connectivity index (χ2v) is 8.45. The van der Waals surface area contributed by atoms with Crippen molar-refractivity contribution in [1.82, 2.24) is 15.3 Å². The molecule has 2 heterocycles. The van der Waals surface area contributed by atoms with Gasteiger partial charge >= 0.3 is 0 Å². The van der Waals surface area contributed by atoms with E-state index in [0.717, 1.165) is 22.2 Å². The third kappa shape index (κ3) is 4.59. The maximum absolute atomic E-state index is 13.3. The number of amides is 2. The number of H-pyrrole nitrogens is 1. The van der Waals surface area contributed by atoms with Gasteiger partial charge in [-0.3, -0.25) is 9.59 Å². The fourth-order valence-electron chi connectivity index (χ4n) is 4.12. The first-order valence-corrected chi connectivity index (χ1v) is 11.3. The monoisotopic (exact) mass is 451 g/mol. The number of hydrogen-bond acceptors (Lipinski definition) is 4. The molecule has 170 valence electrons. The molecular formula is C27H25N5O2. The van der Waals surface area contributed by atoms with Gasteiger partial charge in [-0.2, -0.15) is 5.10 Å². The Balaban J connectivity index is 1.43. The molecule has 1 atom stereocenters. The average molecular weight is 452 g/mol. The highest BCUT2D eigenvalue weighted by molar-refractivity contribution is 6.40. The number of nitrogens with zero attached hydrogens (tertiary/aromatic N) is 3. The normalized spacial score (nSPS) is 14.7. The van der Waals surface area contributed by atoms with Crippen molar-refractivity contribution < 1.29 is 9.59 Å². The quantitative estimate of drug-likeness (QED) is 0.454. The van der Waals surface area contributed by atoms with Crippen molar-refractivity contribution >= 4 is 34.2 Å². The molecule has 0 aliphatic carbocycles. The summed E-state index contributed by atoms with van der Waals surface area (Å²) in [7, 11) is 0. The lowest BCUT2D eigenvalue weighted by molar-refractivity contribution is -0.119. The summed E-state index contributed by atoms with van der Waals surface area (Å²) in [5.74, 6) is 0.258. The number of rotatable bonds is 6. The largest absolute Gasteiger partial charge is 0.341 e. The Kier molecular flexibility index (Phi) is 5.91. The van der Waals surface area contributed by atoms with Crippen LogP contribution in [0, 0.1) is 6.92 Å². The number of aryl methyl sites for hydroxylation is 1. The van der Waals surface area contributed by atoms with Crippen LogP contribution in [0.4, 0.5) is 5.69 Å². The summed E-state index contributed by atoms with van der Waals surface area (Å²) in [5, 5.41) is 8.87. The maximum atomic E-state index is 13.3. The highest BCUT2D eigenvalue weighted by Crippen LogP contribution is 2.23. The van der Waals surface area contributed by atoms with Crippen LogP contribution < -0.4 is 10.3 Å². The number of benzene rings is 3. The summed E-state index contributed by atoms with van der Waals surface area (Å²) in [4.78, 5) is 33.9. The zero-order chi connectivity index (χ0) is 23.5. The zero-order valence-electron chi connectivity index (χ0n) is 18.9. The number of aromatic nitrogens is 2. The predicted octanol–water partition coefficient (Wildman–Crippen LogP) is 4.45. The fraction of sp³-hybridized carbons (Fsp3) is 0.185. The first-order valence-electron chi connectivity index (χ1n) is 11.3. The molecule has 0 radical (unpaired) electrons. The van der Waals surface area contributed by atoms with Gasteiger partial charge in [-0.05, 0) is 48.7 Å². The summed E-state index contributed by atoms with van der Waals surface area (Å²) >= 11 is 0. The van der Waals surface area contributed by atoms with Crippen LogP contribution in [0.5, 0.6) is 0 Å². The van der Waals surface area contributed by atoms with E-state index in [-0.39, 0.29) is 24.3 Å². The van der Waals surface area contributed by atoms with E-state index in [0.29, 0.717) is 30.1 Å². The summed E-state index contributed by atoms with van der Waals surface area (Å²) in [6.45, 7) is 1.96. The van der Waals surface area contributed by atoms with E-state index >= 15 is 0 Å². The first kappa shape index (κ1) is 21.6. The van der Waals surface area contributed by atoms with Crippen LogP contribution in [-0.2, 0) is 16.0 Å². The minimum Gasteiger partial charge on any atom is -0.341 e. The van der Waals surface area contributed by atoms with E-state index in [1.165, 1.54) is 5.01 Å². The number of carbonyl (C=O) groups excluding carboxylic acids is 2. The molecule has 0 bridgehead atoms. The van der Waals surface area contributed by atoms with Crippen LogP contribution in [0.2, 0.25) is 0 Å². The number of anilines is 1. The van der Waals surface area contributed by atoms with Crippen molar-refractivity contribution in [3.05, 3.63) is 95.8 Å². The van der Waals surface area contributed by atoms with Crippen LogP contribution in [0.15, 0.2) is 84.0 Å². The third-order valence-corrected chi connectivity index (χ3v) is 5.87.